The highest BCUT2D eigenvalue weighted by molar-refractivity contribution is 7.88. The first kappa shape index (κ1) is 18.8. The second kappa shape index (κ2) is 7.73. The van der Waals surface area contributed by atoms with Crippen molar-refractivity contribution in [2.24, 2.45) is 5.92 Å². The summed E-state index contributed by atoms with van der Waals surface area (Å²) >= 11 is 1.33. The summed E-state index contributed by atoms with van der Waals surface area (Å²) in [5.74, 6) is 0.156. The van der Waals surface area contributed by atoms with Crippen molar-refractivity contribution in [3.63, 3.8) is 0 Å². The number of rotatable bonds is 5. The monoisotopic (exact) mass is 395 g/mol. The number of para-hydroxylation sites is 1. The highest BCUT2D eigenvalue weighted by Gasteiger charge is 2.30. The molecule has 0 spiro atoms. The number of piperidine rings is 1. The van der Waals surface area contributed by atoms with E-state index in [0.29, 0.717) is 30.3 Å². The van der Waals surface area contributed by atoms with E-state index in [0.717, 1.165) is 11.3 Å². The van der Waals surface area contributed by atoms with Gasteiger partial charge in [0, 0.05) is 24.0 Å². The van der Waals surface area contributed by atoms with Crippen molar-refractivity contribution in [1.82, 2.24) is 9.29 Å². The molecule has 1 amide bonds. The van der Waals surface area contributed by atoms with Crippen LogP contribution in [-0.2, 0) is 14.8 Å². The molecule has 1 saturated heterocycles. The molecule has 1 aliphatic rings. The van der Waals surface area contributed by atoms with Gasteiger partial charge in [0.25, 0.3) is 0 Å². The summed E-state index contributed by atoms with van der Waals surface area (Å²) in [7, 11) is -1.68. The maximum Gasteiger partial charge on any atom is 0.230 e. The van der Waals surface area contributed by atoms with E-state index in [1.807, 2.05) is 29.6 Å². The number of anilines is 1. The summed E-state index contributed by atoms with van der Waals surface area (Å²) < 4.78 is 30.1. The number of benzene rings is 1. The Bertz CT molecular complexity index is 895. The van der Waals surface area contributed by atoms with Crippen LogP contribution in [0.3, 0.4) is 0 Å². The third kappa shape index (κ3) is 4.22. The van der Waals surface area contributed by atoms with Gasteiger partial charge in [-0.1, -0.05) is 12.1 Å². The normalized spacial score (nSPS) is 18.5. The average molecular weight is 396 g/mol. The van der Waals surface area contributed by atoms with Crippen molar-refractivity contribution < 1.29 is 17.9 Å². The molecule has 1 N–H and O–H groups in total. The highest BCUT2D eigenvalue weighted by atomic mass is 32.2. The van der Waals surface area contributed by atoms with Crippen LogP contribution >= 0.6 is 11.3 Å². The Morgan fingerprint density at radius 1 is 1.38 bits per heavy atom. The molecule has 0 saturated carbocycles. The zero-order valence-electron chi connectivity index (χ0n) is 14.6. The van der Waals surface area contributed by atoms with Crippen LogP contribution in [0.2, 0.25) is 0 Å². The Morgan fingerprint density at radius 3 is 2.88 bits per heavy atom. The zero-order chi connectivity index (χ0) is 18.7. The molecular weight excluding hydrogens is 374 g/mol. The summed E-state index contributed by atoms with van der Waals surface area (Å²) in [6, 6.07) is 7.55. The van der Waals surface area contributed by atoms with Crippen LogP contribution in [0.25, 0.3) is 11.3 Å². The van der Waals surface area contributed by atoms with Crippen LogP contribution < -0.4 is 10.1 Å². The fourth-order valence-corrected chi connectivity index (χ4v) is 4.60. The molecule has 3 rings (SSSR count). The molecule has 7 nitrogen and oxygen atoms in total. The fraction of sp³-hybridized carbons (Fsp3) is 0.412. The lowest BCUT2D eigenvalue weighted by Crippen LogP contribution is -2.43. The van der Waals surface area contributed by atoms with Gasteiger partial charge in [-0.2, -0.15) is 0 Å². The second-order valence-electron chi connectivity index (χ2n) is 6.19. The lowest BCUT2D eigenvalue weighted by Gasteiger charge is -2.29. The number of nitrogens with one attached hydrogen (secondary N) is 1. The Hall–Kier alpha value is -1.97. The quantitative estimate of drug-likeness (QED) is 0.840. The molecule has 1 aliphatic heterocycles. The molecule has 1 aromatic carbocycles. The van der Waals surface area contributed by atoms with E-state index in [4.69, 9.17) is 4.74 Å². The van der Waals surface area contributed by atoms with Gasteiger partial charge in [-0.3, -0.25) is 4.79 Å². The Balaban J connectivity index is 1.70. The number of carbonyl (C=O) groups excluding carboxylic acids is 1. The van der Waals surface area contributed by atoms with E-state index >= 15 is 0 Å². The van der Waals surface area contributed by atoms with Gasteiger partial charge in [0.2, 0.25) is 15.9 Å². The van der Waals surface area contributed by atoms with E-state index in [1.165, 1.54) is 21.9 Å². The third-order valence-electron chi connectivity index (χ3n) is 4.34. The maximum atomic E-state index is 12.5. The Morgan fingerprint density at radius 2 is 2.15 bits per heavy atom. The molecular formula is C17H21N3O4S2. The van der Waals surface area contributed by atoms with Crippen molar-refractivity contribution in [1.29, 1.82) is 0 Å². The van der Waals surface area contributed by atoms with Crippen LogP contribution in [0.15, 0.2) is 29.6 Å². The zero-order valence-corrected chi connectivity index (χ0v) is 16.3. The molecule has 0 radical (unpaired) electrons. The summed E-state index contributed by atoms with van der Waals surface area (Å²) in [5.41, 5.74) is 1.58. The van der Waals surface area contributed by atoms with Crippen molar-refractivity contribution in [3.8, 4) is 17.0 Å². The molecule has 1 atom stereocenters. The summed E-state index contributed by atoms with van der Waals surface area (Å²) in [4.78, 5) is 17.0. The van der Waals surface area contributed by atoms with Crippen LogP contribution in [0, 0.1) is 5.92 Å². The predicted molar refractivity (Wildman–Crippen MR) is 102 cm³/mol. The molecule has 2 aromatic rings. The number of aromatic nitrogens is 1. The number of hydrogen-bond acceptors (Lipinski definition) is 6. The van der Waals surface area contributed by atoms with Gasteiger partial charge < -0.3 is 10.1 Å². The van der Waals surface area contributed by atoms with E-state index < -0.39 is 10.0 Å². The van der Waals surface area contributed by atoms with E-state index in [1.54, 1.807) is 7.11 Å². The summed E-state index contributed by atoms with van der Waals surface area (Å²) in [5, 5.41) is 5.17. The molecule has 0 bridgehead atoms. The van der Waals surface area contributed by atoms with Gasteiger partial charge in [0.05, 0.1) is 25.0 Å². The minimum atomic E-state index is -3.28. The van der Waals surface area contributed by atoms with Gasteiger partial charge in [0.15, 0.2) is 5.13 Å². The average Bonchev–Trinajstić information content (AvgIpc) is 3.09. The molecule has 26 heavy (non-hydrogen) atoms. The minimum Gasteiger partial charge on any atom is -0.496 e. The lowest BCUT2D eigenvalue weighted by atomic mass is 9.99. The number of sulfonamides is 1. The van der Waals surface area contributed by atoms with Gasteiger partial charge in [0.1, 0.15) is 5.75 Å². The van der Waals surface area contributed by atoms with Crippen molar-refractivity contribution in [2.75, 3.05) is 31.8 Å². The van der Waals surface area contributed by atoms with Gasteiger partial charge >= 0.3 is 0 Å². The molecule has 9 heteroatoms. The van der Waals surface area contributed by atoms with E-state index in [2.05, 4.69) is 10.3 Å². The van der Waals surface area contributed by atoms with Crippen LogP contribution in [0.5, 0.6) is 5.75 Å². The highest BCUT2D eigenvalue weighted by Crippen LogP contribution is 2.32. The van der Waals surface area contributed by atoms with Crippen molar-refractivity contribution in [3.05, 3.63) is 29.6 Å². The second-order valence-corrected chi connectivity index (χ2v) is 9.03. The predicted octanol–water partition coefficient (Wildman–Crippen LogP) is 2.43. The number of thiazole rings is 1. The first-order valence-corrected chi connectivity index (χ1v) is 11.0. The van der Waals surface area contributed by atoms with E-state index in [9.17, 15) is 13.2 Å². The first-order chi connectivity index (χ1) is 12.4. The molecule has 1 unspecified atom stereocenters. The Labute approximate surface area is 157 Å². The molecule has 140 valence electrons. The van der Waals surface area contributed by atoms with Crippen LogP contribution in [0.4, 0.5) is 5.13 Å². The molecule has 2 heterocycles. The summed E-state index contributed by atoms with van der Waals surface area (Å²) in [6.07, 6.45) is 2.52. The van der Waals surface area contributed by atoms with E-state index in [-0.39, 0.29) is 18.4 Å². The molecule has 0 aliphatic carbocycles. The standard InChI is InChI=1S/C17H21N3O4S2/c1-24-15-8-4-3-7-13(15)14-11-25-17(18-14)19-16(21)12-6-5-9-20(10-12)26(2,22)23/h3-4,7-8,11-12H,5-6,9-10H2,1-2H3,(H,18,19,21). The van der Waals surface area contributed by atoms with Crippen molar-refractivity contribution in [2.45, 2.75) is 12.8 Å². The van der Waals surface area contributed by atoms with Gasteiger partial charge in [-0.25, -0.2) is 17.7 Å². The topological polar surface area (TPSA) is 88.6 Å². The lowest BCUT2D eigenvalue weighted by molar-refractivity contribution is -0.120. The number of carbonyl (C=O) groups is 1. The number of methoxy groups -OCH3 is 1. The Kier molecular flexibility index (Phi) is 5.59. The summed E-state index contributed by atoms with van der Waals surface area (Å²) in [6.45, 7) is 0.688. The third-order valence-corrected chi connectivity index (χ3v) is 6.37. The van der Waals surface area contributed by atoms with Crippen LogP contribution in [0.1, 0.15) is 12.8 Å². The maximum absolute atomic E-state index is 12.5. The van der Waals surface area contributed by atoms with Crippen molar-refractivity contribution >= 4 is 32.4 Å². The SMILES string of the molecule is COc1ccccc1-c1csc(NC(=O)C2CCCN(S(C)(=O)=O)C2)n1. The molecule has 1 fully saturated rings. The van der Waals surface area contributed by atoms with Gasteiger partial charge in [-0.05, 0) is 25.0 Å². The fourth-order valence-electron chi connectivity index (χ4n) is 2.98. The number of ether oxygens (including phenoxy) is 1. The smallest absolute Gasteiger partial charge is 0.230 e. The minimum absolute atomic E-state index is 0.195. The number of hydrogen-bond donors (Lipinski definition) is 1. The number of nitrogens with zero attached hydrogens (tertiary/aromatic N) is 2. The first-order valence-electron chi connectivity index (χ1n) is 8.23. The van der Waals surface area contributed by atoms with Crippen LogP contribution in [-0.4, -0.2) is 50.1 Å². The largest absolute Gasteiger partial charge is 0.496 e. The van der Waals surface area contributed by atoms with Gasteiger partial charge in [-0.15, -0.1) is 11.3 Å². The molecule has 1 aromatic heterocycles. The number of amides is 1.